The van der Waals surface area contributed by atoms with Crippen molar-refractivity contribution >= 4 is 17.1 Å². The Kier molecular flexibility index (Phi) is 5.84. The van der Waals surface area contributed by atoms with Crippen LogP contribution in [0.3, 0.4) is 0 Å². The standard InChI is InChI=1S/C22H33N5O3/c1-22(2,3)30-21(29)24-15-9-6-10-16(12-15)27-19-17(13-23-27)20(28)26-18(25-19)11-14-7-4-5-8-14/h13-16H,4-12H2,1-3H3,(H,24,29)(H,25,26,28). The third-order valence-corrected chi connectivity index (χ3v) is 6.18. The molecule has 30 heavy (non-hydrogen) atoms. The van der Waals surface area contributed by atoms with Gasteiger partial charge in [0, 0.05) is 12.5 Å². The van der Waals surface area contributed by atoms with E-state index < -0.39 is 5.60 Å². The fraction of sp³-hybridized carbons (Fsp3) is 0.727. The summed E-state index contributed by atoms with van der Waals surface area (Å²) in [5, 5.41) is 8.05. The molecule has 2 saturated carbocycles. The highest BCUT2D eigenvalue weighted by molar-refractivity contribution is 5.73. The number of hydrogen-bond donors (Lipinski definition) is 2. The number of aromatic amines is 1. The topological polar surface area (TPSA) is 102 Å². The molecule has 2 aliphatic carbocycles. The maximum absolute atomic E-state index is 12.6. The third kappa shape index (κ3) is 4.84. The Balaban J connectivity index is 1.51. The normalized spacial score (nSPS) is 23.0. The summed E-state index contributed by atoms with van der Waals surface area (Å²) in [5.74, 6) is 1.37. The average Bonchev–Trinajstić information content (AvgIpc) is 3.30. The van der Waals surface area contributed by atoms with Crippen LogP contribution in [0.2, 0.25) is 0 Å². The van der Waals surface area contributed by atoms with Crippen molar-refractivity contribution in [3.63, 3.8) is 0 Å². The predicted molar refractivity (Wildman–Crippen MR) is 114 cm³/mol. The van der Waals surface area contributed by atoms with E-state index in [1.807, 2.05) is 25.5 Å². The molecule has 2 unspecified atom stereocenters. The molecule has 0 radical (unpaired) electrons. The van der Waals surface area contributed by atoms with Crippen molar-refractivity contribution in [2.45, 2.75) is 96.2 Å². The Morgan fingerprint density at radius 3 is 2.73 bits per heavy atom. The molecule has 2 atom stereocenters. The number of rotatable bonds is 4. The lowest BCUT2D eigenvalue weighted by Crippen LogP contribution is -2.41. The van der Waals surface area contributed by atoms with Gasteiger partial charge in [-0.1, -0.05) is 25.7 Å². The Bertz CT molecular complexity index is 952. The molecular weight excluding hydrogens is 382 g/mol. The molecule has 4 rings (SSSR count). The zero-order chi connectivity index (χ0) is 21.3. The molecule has 2 heterocycles. The van der Waals surface area contributed by atoms with Gasteiger partial charge in [0.1, 0.15) is 16.8 Å². The van der Waals surface area contributed by atoms with Crippen molar-refractivity contribution in [2.24, 2.45) is 5.92 Å². The zero-order valence-corrected chi connectivity index (χ0v) is 18.2. The van der Waals surface area contributed by atoms with Crippen LogP contribution in [0.5, 0.6) is 0 Å². The summed E-state index contributed by atoms with van der Waals surface area (Å²) >= 11 is 0. The lowest BCUT2D eigenvalue weighted by atomic mass is 9.91. The van der Waals surface area contributed by atoms with Gasteiger partial charge in [-0.3, -0.25) is 4.79 Å². The summed E-state index contributed by atoms with van der Waals surface area (Å²) in [6, 6.07) is 0.127. The second-order valence-electron chi connectivity index (χ2n) is 9.86. The number of aromatic nitrogens is 4. The number of nitrogens with one attached hydrogen (secondary N) is 2. The van der Waals surface area contributed by atoms with Crippen LogP contribution < -0.4 is 10.9 Å². The number of carbonyl (C=O) groups is 1. The summed E-state index contributed by atoms with van der Waals surface area (Å²) in [5.41, 5.74) is 0.0324. The molecule has 0 aliphatic heterocycles. The summed E-state index contributed by atoms with van der Waals surface area (Å²) in [6.07, 6.45) is 10.6. The summed E-state index contributed by atoms with van der Waals surface area (Å²) < 4.78 is 7.30. The number of ether oxygens (including phenoxy) is 1. The second-order valence-corrected chi connectivity index (χ2v) is 9.86. The number of fused-ring (bicyclic) bond motifs is 1. The van der Waals surface area contributed by atoms with Gasteiger partial charge >= 0.3 is 6.09 Å². The van der Waals surface area contributed by atoms with E-state index in [1.54, 1.807) is 6.20 Å². The molecule has 2 aromatic rings. The van der Waals surface area contributed by atoms with Crippen molar-refractivity contribution in [2.75, 3.05) is 0 Å². The second kappa shape index (κ2) is 8.40. The van der Waals surface area contributed by atoms with E-state index in [2.05, 4.69) is 15.4 Å². The first kappa shape index (κ1) is 20.9. The van der Waals surface area contributed by atoms with Crippen molar-refractivity contribution < 1.29 is 9.53 Å². The van der Waals surface area contributed by atoms with Crippen molar-refractivity contribution in [1.82, 2.24) is 25.1 Å². The van der Waals surface area contributed by atoms with Crippen molar-refractivity contribution in [3.05, 3.63) is 22.4 Å². The lowest BCUT2D eigenvalue weighted by Gasteiger charge is -2.31. The minimum atomic E-state index is -0.517. The van der Waals surface area contributed by atoms with Gasteiger partial charge in [0.05, 0.1) is 12.2 Å². The van der Waals surface area contributed by atoms with Crippen molar-refractivity contribution in [1.29, 1.82) is 0 Å². The van der Waals surface area contributed by atoms with E-state index in [4.69, 9.17) is 9.72 Å². The minimum Gasteiger partial charge on any atom is -0.444 e. The first-order valence-corrected chi connectivity index (χ1v) is 11.2. The maximum atomic E-state index is 12.6. The molecule has 2 fully saturated rings. The SMILES string of the molecule is CC(C)(C)OC(=O)NC1CCCC(n2ncc3c(=O)[nH]c(CC4CCCC4)nc32)C1. The van der Waals surface area contributed by atoms with E-state index in [1.165, 1.54) is 25.7 Å². The van der Waals surface area contributed by atoms with Crippen LogP contribution in [0.25, 0.3) is 11.0 Å². The number of amides is 1. The van der Waals surface area contributed by atoms with E-state index >= 15 is 0 Å². The highest BCUT2D eigenvalue weighted by Crippen LogP contribution is 2.31. The quantitative estimate of drug-likeness (QED) is 0.789. The van der Waals surface area contributed by atoms with Crippen LogP contribution in [0, 0.1) is 5.92 Å². The molecule has 2 aliphatic rings. The molecule has 2 N–H and O–H groups in total. The van der Waals surface area contributed by atoms with E-state index in [0.29, 0.717) is 17.0 Å². The van der Waals surface area contributed by atoms with Gasteiger partial charge in [0.25, 0.3) is 5.56 Å². The Hall–Kier alpha value is -2.38. The molecular formula is C22H33N5O3. The van der Waals surface area contributed by atoms with E-state index in [9.17, 15) is 9.59 Å². The molecule has 0 bridgehead atoms. The summed E-state index contributed by atoms with van der Waals surface area (Å²) in [6.45, 7) is 5.58. The van der Waals surface area contributed by atoms with Crippen LogP contribution >= 0.6 is 0 Å². The minimum absolute atomic E-state index is 0.0257. The molecule has 8 heteroatoms. The highest BCUT2D eigenvalue weighted by Gasteiger charge is 2.28. The summed E-state index contributed by atoms with van der Waals surface area (Å²) in [4.78, 5) is 32.5. The first-order valence-electron chi connectivity index (χ1n) is 11.2. The van der Waals surface area contributed by atoms with Crippen LogP contribution in [0.4, 0.5) is 4.79 Å². The molecule has 2 aromatic heterocycles. The Morgan fingerprint density at radius 1 is 1.23 bits per heavy atom. The highest BCUT2D eigenvalue weighted by atomic mass is 16.6. The third-order valence-electron chi connectivity index (χ3n) is 6.18. The fourth-order valence-corrected chi connectivity index (χ4v) is 4.82. The predicted octanol–water partition coefficient (Wildman–Crippen LogP) is 3.86. The van der Waals surface area contributed by atoms with Gasteiger partial charge in [-0.2, -0.15) is 5.10 Å². The smallest absolute Gasteiger partial charge is 0.407 e. The van der Waals surface area contributed by atoms with Crippen molar-refractivity contribution in [3.8, 4) is 0 Å². The lowest BCUT2D eigenvalue weighted by molar-refractivity contribution is 0.0485. The molecule has 0 aromatic carbocycles. The molecule has 164 valence electrons. The van der Waals surface area contributed by atoms with Gasteiger partial charge in [-0.15, -0.1) is 0 Å². The first-order chi connectivity index (χ1) is 14.3. The van der Waals surface area contributed by atoms with Crippen LogP contribution in [0.15, 0.2) is 11.0 Å². The van der Waals surface area contributed by atoms with Gasteiger partial charge in [0.2, 0.25) is 0 Å². The number of nitrogens with zero attached hydrogens (tertiary/aromatic N) is 3. The van der Waals surface area contributed by atoms with Gasteiger partial charge < -0.3 is 15.0 Å². The van der Waals surface area contributed by atoms with Crippen LogP contribution in [-0.4, -0.2) is 37.5 Å². The number of carbonyl (C=O) groups excluding carboxylic acids is 1. The molecule has 1 amide bonds. The van der Waals surface area contributed by atoms with Gasteiger partial charge in [0.15, 0.2) is 5.65 Å². The average molecular weight is 416 g/mol. The largest absolute Gasteiger partial charge is 0.444 e. The Morgan fingerprint density at radius 2 is 2.00 bits per heavy atom. The van der Waals surface area contributed by atoms with Gasteiger partial charge in [-0.25, -0.2) is 14.5 Å². The maximum Gasteiger partial charge on any atom is 0.407 e. The van der Waals surface area contributed by atoms with E-state index in [-0.39, 0.29) is 23.7 Å². The monoisotopic (exact) mass is 415 g/mol. The summed E-state index contributed by atoms with van der Waals surface area (Å²) in [7, 11) is 0. The fourth-order valence-electron chi connectivity index (χ4n) is 4.82. The molecule has 0 saturated heterocycles. The van der Waals surface area contributed by atoms with Gasteiger partial charge in [-0.05, 0) is 52.4 Å². The van der Waals surface area contributed by atoms with E-state index in [0.717, 1.165) is 37.9 Å². The van der Waals surface area contributed by atoms with Crippen LogP contribution in [0.1, 0.15) is 84.0 Å². The number of hydrogen-bond acceptors (Lipinski definition) is 5. The van der Waals surface area contributed by atoms with Crippen LogP contribution in [-0.2, 0) is 11.2 Å². The molecule has 0 spiro atoms. The number of H-pyrrole nitrogens is 1. The molecule has 8 nitrogen and oxygen atoms in total. The Labute approximate surface area is 176 Å². The number of alkyl carbamates (subject to hydrolysis) is 1. The zero-order valence-electron chi connectivity index (χ0n) is 18.2.